The van der Waals surface area contributed by atoms with Crippen molar-refractivity contribution < 1.29 is 0 Å². The Morgan fingerprint density at radius 1 is 0.962 bits per heavy atom. The first kappa shape index (κ1) is 16.9. The highest BCUT2D eigenvalue weighted by atomic mass is 35.5. The van der Waals surface area contributed by atoms with E-state index in [2.05, 4.69) is 46.1 Å². The minimum absolute atomic E-state index is 0.0905. The van der Waals surface area contributed by atoms with E-state index in [1.165, 1.54) is 11.6 Å². The van der Waals surface area contributed by atoms with Gasteiger partial charge >= 0.3 is 0 Å². The van der Waals surface area contributed by atoms with E-state index >= 15 is 0 Å². The lowest BCUT2D eigenvalue weighted by molar-refractivity contribution is 0.343. The van der Waals surface area contributed by atoms with E-state index in [1.807, 2.05) is 24.3 Å². The van der Waals surface area contributed by atoms with Crippen LogP contribution < -0.4 is 10.5 Å². The maximum atomic E-state index is 11.6. The van der Waals surface area contributed by atoms with Gasteiger partial charge in [-0.05, 0) is 48.5 Å². The van der Waals surface area contributed by atoms with E-state index in [-0.39, 0.29) is 5.56 Å². The molecule has 4 nitrogen and oxygen atoms in total. The third kappa shape index (κ3) is 3.26. The molecule has 2 heterocycles. The second kappa shape index (κ2) is 6.98. The molecule has 0 unspecified atom stereocenters. The number of H-pyrrole nitrogens is 1. The molecule has 0 aliphatic carbocycles. The fourth-order valence-electron chi connectivity index (χ4n) is 3.44. The summed E-state index contributed by atoms with van der Waals surface area (Å²) in [7, 11) is 2.12. The van der Waals surface area contributed by atoms with Crippen LogP contribution in [0.4, 0.5) is 11.4 Å². The minimum Gasteiger partial charge on any atom is -0.339 e. The van der Waals surface area contributed by atoms with Crippen molar-refractivity contribution >= 4 is 23.0 Å². The summed E-state index contributed by atoms with van der Waals surface area (Å²) in [6.45, 7) is 2.66. The molecular formula is C21H20ClN3O. The molecule has 2 aromatic carbocycles. The van der Waals surface area contributed by atoms with Gasteiger partial charge in [0, 0.05) is 37.1 Å². The van der Waals surface area contributed by atoms with Gasteiger partial charge in [-0.2, -0.15) is 0 Å². The predicted octanol–water partition coefficient (Wildman–Crippen LogP) is 4.28. The normalized spacial score (nSPS) is 14.8. The number of likely N-dealkylation sites (N-methyl/N-ethyl adjacent to an activating group) is 1. The Hall–Kier alpha value is -2.56. The Kier molecular flexibility index (Phi) is 4.53. The molecule has 132 valence electrons. The Morgan fingerprint density at radius 3 is 2.62 bits per heavy atom. The number of rotatable bonds is 2. The number of nitrogens with zero attached hydrogens (tertiary/aromatic N) is 2. The number of hydrogen-bond acceptors (Lipinski definition) is 3. The van der Waals surface area contributed by atoms with Crippen LogP contribution in [0.15, 0.2) is 65.5 Å². The highest BCUT2D eigenvalue weighted by molar-refractivity contribution is 6.33. The van der Waals surface area contributed by atoms with Crippen molar-refractivity contribution in [1.82, 2.24) is 9.88 Å². The van der Waals surface area contributed by atoms with E-state index in [1.54, 1.807) is 6.07 Å². The van der Waals surface area contributed by atoms with Gasteiger partial charge < -0.3 is 14.8 Å². The summed E-state index contributed by atoms with van der Waals surface area (Å²) < 4.78 is 0. The average Bonchev–Trinajstić information content (AvgIpc) is 2.80. The van der Waals surface area contributed by atoms with Gasteiger partial charge in [-0.3, -0.25) is 4.79 Å². The van der Waals surface area contributed by atoms with E-state index in [0.717, 1.165) is 47.3 Å². The number of anilines is 2. The summed E-state index contributed by atoms with van der Waals surface area (Å²) in [6, 6.07) is 19.5. The molecule has 0 saturated carbocycles. The maximum Gasteiger partial charge on any atom is 0.248 e. The number of pyridine rings is 1. The quantitative estimate of drug-likeness (QED) is 0.736. The first-order chi connectivity index (χ1) is 12.6. The summed E-state index contributed by atoms with van der Waals surface area (Å²) in [6.07, 6.45) is 0. The van der Waals surface area contributed by atoms with Crippen LogP contribution in [0.1, 0.15) is 5.56 Å². The average molecular weight is 366 g/mol. The van der Waals surface area contributed by atoms with Crippen LogP contribution >= 0.6 is 11.6 Å². The molecule has 26 heavy (non-hydrogen) atoms. The van der Waals surface area contributed by atoms with Crippen molar-refractivity contribution in [3.8, 4) is 11.3 Å². The fraction of sp³-hybridized carbons (Fsp3) is 0.190. The molecule has 1 aromatic heterocycles. The zero-order valence-electron chi connectivity index (χ0n) is 14.6. The van der Waals surface area contributed by atoms with Gasteiger partial charge in [0.1, 0.15) is 0 Å². The molecule has 0 bridgehead atoms. The first-order valence-electron chi connectivity index (χ1n) is 8.65. The number of hydrogen-bond donors (Lipinski definition) is 1. The summed E-state index contributed by atoms with van der Waals surface area (Å²) in [4.78, 5) is 19.1. The van der Waals surface area contributed by atoms with Crippen molar-refractivity contribution in [3.05, 3.63) is 81.6 Å². The van der Waals surface area contributed by atoms with Gasteiger partial charge in [0.2, 0.25) is 5.56 Å². The number of halogens is 1. The third-order valence-electron chi connectivity index (χ3n) is 4.74. The van der Waals surface area contributed by atoms with Crippen molar-refractivity contribution in [3.63, 3.8) is 0 Å². The molecule has 1 aliphatic heterocycles. The van der Waals surface area contributed by atoms with Crippen molar-refractivity contribution in [1.29, 1.82) is 0 Å². The topological polar surface area (TPSA) is 39.3 Å². The van der Waals surface area contributed by atoms with Crippen molar-refractivity contribution in [2.75, 3.05) is 25.0 Å². The molecule has 0 radical (unpaired) electrons. The highest BCUT2D eigenvalue weighted by Gasteiger charge is 2.21. The fourth-order valence-corrected chi connectivity index (χ4v) is 3.68. The van der Waals surface area contributed by atoms with Crippen LogP contribution in [0.25, 0.3) is 11.3 Å². The molecule has 0 saturated heterocycles. The molecule has 0 spiro atoms. The summed E-state index contributed by atoms with van der Waals surface area (Å²) in [5, 5.41) is 0.750. The van der Waals surface area contributed by atoms with Gasteiger partial charge in [-0.15, -0.1) is 0 Å². The van der Waals surface area contributed by atoms with E-state index in [9.17, 15) is 4.79 Å². The Balaban J connectivity index is 1.82. The largest absolute Gasteiger partial charge is 0.339 e. The van der Waals surface area contributed by atoms with E-state index < -0.39 is 0 Å². The van der Waals surface area contributed by atoms with Gasteiger partial charge in [-0.25, -0.2) is 0 Å². The van der Waals surface area contributed by atoms with Gasteiger partial charge in [-0.1, -0.05) is 35.9 Å². The van der Waals surface area contributed by atoms with Crippen molar-refractivity contribution in [2.24, 2.45) is 0 Å². The zero-order valence-corrected chi connectivity index (χ0v) is 15.3. The van der Waals surface area contributed by atoms with Crippen LogP contribution in [0.5, 0.6) is 0 Å². The Labute approximate surface area is 157 Å². The summed E-state index contributed by atoms with van der Waals surface area (Å²) in [5.41, 5.74) is 5.14. The number of fused-ring (bicyclic) bond motifs is 1. The SMILES string of the molecule is CN1CCN(c2ccccc2Cl)c2ccc(-c3cccc(=O)[nH]3)cc2C1. The van der Waals surface area contributed by atoms with Crippen LogP contribution in [0, 0.1) is 0 Å². The number of aromatic nitrogens is 1. The Bertz CT molecular complexity index is 998. The lowest BCUT2D eigenvalue weighted by Crippen LogP contribution is -2.26. The van der Waals surface area contributed by atoms with Gasteiger partial charge in [0.05, 0.1) is 10.7 Å². The molecule has 0 atom stereocenters. The van der Waals surface area contributed by atoms with Gasteiger partial charge in [0.15, 0.2) is 0 Å². The molecule has 3 aromatic rings. The number of nitrogens with one attached hydrogen (secondary N) is 1. The van der Waals surface area contributed by atoms with Crippen LogP contribution in [0.2, 0.25) is 5.02 Å². The molecule has 4 rings (SSSR count). The second-order valence-corrected chi connectivity index (χ2v) is 7.02. The molecule has 5 heteroatoms. The lowest BCUT2D eigenvalue weighted by Gasteiger charge is -2.26. The molecule has 0 amide bonds. The lowest BCUT2D eigenvalue weighted by atomic mass is 10.0. The minimum atomic E-state index is -0.0905. The number of benzene rings is 2. The van der Waals surface area contributed by atoms with Gasteiger partial charge in [0.25, 0.3) is 0 Å². The predicted molar refractivity (Wildman–Crippen MR) is 107 cm³/mol. The standard InChI is InChI=1S/C21H20ClN3O/c1-24-11-12-25(20-7-3-2-5-17(20)22)19-10-9-15(13-16(19)14-24)18-6-4-8-21(26)23-18/h2-10,13H,11-12,14H2,1H3,(H,23,26). The molecule has 0 fully saturated rings. The molecule has 1 N–H and O–H groups in total. The van der Waals surface area contributed by atoms with Crippen LogP contribution in [-0.4, -0.2) is 30.0 Å². The smallest absolute Gasteiger partial charge is 0.248 e. The monoisotopic (exact) mass is 365 g/mol. The molecular weight excluding hydrogens is 346 g/mol. The summed E-state index contributed by atoms with van der Waals surface area (Å²) in [5.74, 6) is 0. The molecule has 1 aliphatic rings. The maximum absolute atomic E-state index is 11.6. The van der Waals surface area contributed by atoms with Crippen LogP contribution in [0.3, 0.4) is 0 Å². The van der Waals surface area contributed by atoms with Crippen molar-refractivity contribution in [2.45, 2.75) is 6.54 Å². The zero-order chi connectivity index (χ0) is 18.1. The number of para-hydroxylation sites is 1. The van der Waals surface area contributed by atoms with E-state index in [4.69, 9.17) is 11.6 Å². The summed E-state index contributed by atoms with van der Waals surface area (Å²) >= 11 is 6.46. The van der Waals surface area contributed by atoms with Crippen LogP contribution in [-0.2, 0) is 6.54 Å². The first-order valence-corrected chi connectivity index (χ1v) is 9.03. The Morgan fingerprint density at radius 2 is 1.81 bits per heavy atom. The number of aromatic amines is 1. The second-order valence-electron chi connectivity index (χ2n) is 6.61. The third-order valence-corrected chi connectivity index (χ3v) is 5.06. The highest BCUT2D eigenvalue weighted by Crippen LogP contribution is 2.36. The van der Waals surface area contributed by atoms with E-state index in [0.29, 0.717) is 0 Å².